The summed E-state index contributed by atoms with van der Waals surface area (Å²) in [4.78, 5) is 17.3. The van der Waals surface area contributed by atoms with Crippen molar-refractivity contribution in [3.8, 4) is 5.75 Å². The predicted molar refractivity (Wildman–Crippen MR) is 92.5 cm³/mol. The van der Waals surface area contributed by atoms with E-state index in [-0.39, 0.29) is 18.3 Å². The first-order chi connectivity index (χ1) is 12.6. The summed E-state index contributed by atoms with van der Waals surface area (Å²) in [6.45, 7) is 5.41. The van der Waals surface area contributed by atoms with Crippen LogP contribution in [0, 0.1) is 12.7 Å². The van der Waals surface area contributed by atoms with Crippen molar-refractivity contribution in [1.29, 1.82) is 0 Å². The minimum Gasteiger partial charge on any atom is -0.489 e. The topological polar surface area (TPSA) is 58.8 Å². The fourth-order valence-electron chi connectivity index (χ4n) is 3.74. The number of hydrogen-bond acceptors (Lipinski definition) is 5. The molecule has 1 aromatic heterocycles. The Balaban J connectivity index is 1.46. The van der Waals surface area contributed by atoms with Crippen LogP contribution >= 0.6 is 0 Å². The van der Waals surface area contributed by atoms with Crippen LogP contribution in [-0.2, 0) is 6.61 Å². The number of carbonyl (C=O) groups is 1. The summed E-state index contributed by atoms with van der Waals surface area (Å²) in [6.07, 6.45) is 2.34. The molecule has 26 heavy (non-hydrogen) atoms. The van der Waals surface area contributed by atoms with E-state index in [2.05, 4.69) is 10.1 Å². The first-order valence-corrected chi connectivity index (χ1v) is 8.98. The summed E-state index contributed by atoms with van der Waals surface area (Å²) in [7, 11) is 0. The summed E-state index contributed by atoms with van der Waals surface area (Å²) >= 11 is 0. The number of rotatable bonds is 4. The Kier molecular flexibility index (Phi) is 4.63. The average Bonchev–Trinajstić information content (AvgIpc) is 3.26. The number of piperazine rings is 1. The molecule has 2 saturated heterocycles. The molecule has 2 aliphatic rings. The van der Waals surface area contributed by atoms with Crippen LogP contribution in [0.15, 0.2) is 28.8 Å². The van der Waals surface area contributed by atoms with E-state index < -0.39 is 0 Å². The zero-order valence-corrected chi connectivity index (χ0v) is 14.8. The maximum atomic E-state index is 13.0. The molecule has 2 aliphatic heterocycles. The van der Waals surface area contributed by atoms with Gasteiger partial charge in [0.25, 0.3) is 5.91 Å². The number of halogens is 1. The smallest absolute Gasteiger partial charge is 0.276 e. The third-order valence-corrected chi connectivity index (χ3v) is 5.26. The molecular formula is C19H22FN3O3. The van der Waals surface area contributed by atoms with Gasteiger partial charge in [0.15, 0.2) is 5.69 Å². The number of ether oxygens (including phenoxy) is 1. The van der Waals surface area contributed by atoms with Crippen LogP contribution < -0.4 is 4.74 Å². The van der Waals surface area contributed by atoms with E-state index >= 15 is 0 Å². The van der Waals surface area contributed by atoms with E-state index in [0.717, 1.165) is 26.1 Å². The molecule has 0 spiro atoms. The van der Waals surface area contributed by atoms with E-state index in [9.17, 15) is 9.18 Å². The van der Waals surface area contributed by atoms with Crippen LogP contribution in [0.3, 0.4) is 0 Å². The van der Waals surface area contributed by atoms with Crippen LogP contribution in [-0.4, -0.2) is 53.1 Å². The third kappa shape index (κ3) is 3.31. The lowest BCUT2D eigenvalue weighted by molar-refractivity contribution is 0.0559. The molecule has 1 aromatic carbocycles. The Labute approximate surface area is 151 Å². The van der Waals surface area contributed by atoms with Gasteiger partial charge in [-0.3, -0.25) is 9.69 Å². The minimum atomic E-state index is -0.319. The van der Waals surface area contributed by atoms with Crippen LogP contribution in [0.25, 0.3) is 0 Å². The Bertz CT molecular complexity index is 790. The van der Waals surface area contributed by atoms with Crippen molar-refractivity contribution < 1.29 is 18.4 Å². The van der Waals surface area contributed by atoms with E-state index in [1.54, 1.807) is 19.1 Å². The zero-order chi connectivity index (χ0) is 18.1. The molecule has 4 rings (SSSR count). The molecule has 0 aliphatic carbocycles. The summed E-state index contributed by atoms with van der Waals surface area (Å²) in [5, 5.41) is 3.98. The van der Waals surface area contributed by atoms with E-state index in [4.69, 9.17) is 9.26 Å². The van der Waals surface area contributed by atoms with Crippen molar-refractivity contribution >= 4 is 5.91 Å². The largest absolute Gasteiger partial charge is 0.489 e. The number of aryl methyl sites for hydroxylation is 1. The number of benzene rings is 1. The van der Waals surface area contributed by atoms with Gasteiger partial charge in [0.05, 0.1) is 5.56 Å². The summed E-state index contributed by atoms with van der Waals surface area (Å²) in [6, 6.07) is 6.24. The van der Waals surface area contributed by atoms with Gasteiger partial charge in [-0.2, -0.15) is 0 Å². The highest BCUT2D eigenvalue weighted by atomic mass is 19.1. The lowest BCUT2D eigenvalue weighted by Crippen LogP contribution is -2.52. The molecule has 3 heterocycles. The highest BCUT2D eigenvalue weighted by Gasteiger charge is 2.34. The minimum absolute atomic E-state index is 0.105. The average molecular weight is 359 g/mol. The van der Waals surface area contributed by atoms with Crippen molar-refractivity contribution in [3.63, 3.8) is 0 Å². The second-order valence-electron chi connectivity index (χ2n) is 6.89. The first-order valence-electron chi connectivity index (χ1n) is 8.98. The molecule has 1 unspecified atom stereocenters. The van der Waals surface area contributed by atoms with Crippen molar-refractivity contribution in [2.75, 3.05) is 26.2 Å². The SMILES string of the molecule is Cc1onc(C(=O)N2CCN3CCCC3C2)c1COc1ccc(F)cc1. The maximum Gasteiger partial charge on any atom is 0.276 e. The lowest BCUT2D eigenvalue weighted by atomic mass is 10.1. The molecule has 0 saturated carbocycles. The standard InChI is InChI=1S/C19H22FN3O3/c1-13-17(12-25-16-6-4-14(20)5-7-16)18(21-26-13)19(24)23-10-9-22-8-2-3-15(22)11-23/h4-7,15H,2-3,8-12H2,1H3. The first kappa shape index (κ1) is 17.0. The molecule has 7 heteroatoms. The van der Waals surface area contributed by atoms with Crippen molar-refractivity contribution in [3.05, 3.63) is 47.1 Å². The molecule has 1 atom stereocenters. The van der Waals surface area contributed by atoms with E-state index in [0.29, 0.717) is 35.4 Å². The zero-order valence-electron chi connectivity index (χ0n) is 14.8. The predicted octanol–water partition coefficient (Wildman–Crippen LogP) is 2.62. The summed E-state index contributed by atoms with van der Waals surface area (Å²) in [5.41, 5.74) is 0.962. The molecule has 0 radical (unpaired) electrons. The number of hydrogen-bond donors (Lipinski definition) is 0. The van der Waals surface area contributed by atoms with Gasteiger partial charge in [0, 0.05) is 25.7 Å². The molecule has 1 amide bonds. The van der Waals surface area contributed by atoms with Crippen LogP contribution in [0.1, 0.15) is 34.7 Å². The van der Waals surface area contributed by atoms with Gasteiger partial charge in [-0.05, 0) is 50.6 Å². The Morgan fingerprint density at radius 3 is 2.92 bits per heavy atom. The summed E-state index contributed by atoms with van der Waals surface area (Å²) in [5.74, 6) is 0.673. The number of aromatic nitrogens is 1. The van der Waals surface area contributed by atoms with E-state index in [1.807, 2.05) is 4.90 Å². The highest BCUT2D eigenvalue weighted by molar-refractivity contribution is 5.94. The quantitative estimate of drug-likeness (QED) is 0.840. The highest BCUT2D eigenvalue weighted by Crippen LogP contribution is 2.24. The number of nitrogens with zero attached hydrogens (tertiary/aromatic N) is 3. The van der Waals surface area contributed by atoms with Crippen molar-refractivity contribution in [1.82, 2.24) is 15.0 Å². The molecule has 6 nitrogen and oxygen atoms in total. The Morgan fingerprint density at radius 1 is 1.31 bits per heavy atom. The lowest BCUT2D eigenvalue weighted by Gasteiger charge is -2.37. The molecule has 0 bridgehead atoms. The van der Waals surface area contributed by atoms with Crippen molar-refractivity contribution in [2.45, 2.75) is 32.4 Å². The van der Waals surface area contributed by atoms with Crippen LogP contribution in [0.2, 0.25) is 0 Å². The molecule has 2 fully saturated rings. The number of fused-ring (bicyclic) bond motifs is 1. The van der Waals surface area contributed by atoms with Crippen molar-refractivity contribution in [2.24, 2.45) is 0 Å². The fraction of sp³-hybridized carbons (Fsp3) is 0.474. The van der Waals surface area contributed by atoms with Gasteiger partial charge >= 0.3 is 0 Å². The van der Waals surface area contributed by atoms with Gasteiger partial charge in [-0.25, -0.2) is 4.39 Å². The monoisotopic (exact) mass is 359 g/mol. The normalized spacial score (nSPS) is 20.2. The fourth-order valence-corrected chi connectivity index (χ4v) is 3.74. The van der Waals surface area contributed by atoms with E-state index in [1.165, 1.54) is 18.6 Å². The third-order valence-electron chi connectivity index (χ3n) is 5.26. The molecule has 138 valence electrons. The molecular weight excluding hydrogens is 337 g/mol. The maximum absolute atomic E-state index is 13.0. The van der Waals surface area contributed by atoms with Gasteiger partial charge in [-0.15, -0.1) is 0 Å². The van der Waals surface area contributed by atoms with Gasteiger partial charge in [0.1, 0.15) is 23.9 Å². The number of amides is 1. The summed E-state index contributed by atoms with van der Waals surface area (Å²) < 4.78 is 23.9. The molecule has 0 N–H and O–H groups in total. The van der Waals surface area contributed by atoms with Gasteiger partial charge < -0.3 is 14.2 Å². The number of carbonyl (C=O) groups excluding carboxylic acids is 1. The Hall–Kier alpha value is -2.41. The molecule has 2 aromatic rings. The van der Waals surface area contributed by atoms with Crippen LogP contribution in [0.5, 0.6) is 5.75 Å². The Morgan fingerprint density at radius 2 is 2.12 bits per heavy atom. The van der Waals surface area contributed by atoms with Gasteiger partial charge in [0.2, 0.25) is 0 Å². The van der Waals surface area contributed by atoms with Gasteiger partial charge in [-0.1, -0.05) is 5.16 Å². The second-order valence-corrected chi connectivity index (χ2v) is 6.89. The second kappa shape index (κ2) is 7.07. The van der Waals surface area contributed by atoms with Crippen LogP contribution in [0.4, 0.5) is 4.39 Å².